The van der Waals surface area contributed by atoms with Crippen LogP contribution in [0.4, 0.5) is 0 Å². The lowest BCUT2D eigenvalue weighted by Gasteiger charge is -2.34. The lowest BCUT2D eigenvalue weighted by molar-refractivity contribution is -0.136. The maximum absolute atomic E-state index is 12.9. The molecule has 0 spiro atoms. The fourth-order valence-electron chi connectivity index (χ4n) is 4.40. The Morgan fingerprint density at radius 3 is 2.81 bits per heavy atom. The Hall–Kier alpha value is -1.66. The number of ether oxygens (including phenoxy) is 2. The minimum Gasteiger partial charge on any atom is -0.381 e. The molecular formula is C20H29N3O3. The average Bonchev–Trinajstić information content (AvgIpc) is 3.32. The van der Waals surface area contributed by atoms with Crippen LogP contribution in [0.15, 0.2) is 18.5 Å². The molecule has 1 aliphatic carbocycles. The van der Waals surface area contributed by atoms with Gasteiger partial charge in [-0.3, -0.25) is 4.79 Å². The molecule has 2 aliphatic heterocycles. The highest BCUT2D eigenvalue weighted by Crippen LogP contribution is 2.31. The Labute approximate surface area is 155 Å². The maximum atomic E-state index is 12.9. The van der Waals surface area contributed by atoms with E-state index in [0.717, 1.165) is 57.7 Å². The van der Waals surface area contributed by atoms with Gasteiger partial charge in [0.15, 0.2) is 0 Å². The number of amides is 1. The monoisotopic (exact) mass is 359 g/mol. The quantitative estimate of drug-likeness (QED) is 0.757. The zero-order chi connectivity index (χ0) is 17.9. The number of hydrogen-bond acceptors (Lipinski definition) is 4. The summed E-state index contributed by atoms with van der Waals surface area (Å²) < 4.78 is 13.6. The molecule has 6 heteroatoms. The van der Waals surface area contributed by atoms with Gasteiger partial charge >= 0.3 is 0 Å². The van der Waals surface area contributed by atoms with E-state index in [9.17, 15) is 4.79 Å². The SMILES string of the molecule is Cn1cnc2c1[C@H](COCC1CCOCC1)CN(C(=O)C1CC=CC1)C2. The Kier molecular flexibility index (Phi) is 5.41. The van der Waals surface area contributed by atoms with Gasteiger partial charge in [0.1, 0.15) is 0 Å². The lowest BCUT2D eigenvalue weighted by Crippen LogP contribution is -2.42. The number of rotatable bonds is 5. The third-order valence-corrected chi connectivity index (χ3v) is 5.91. The van der Waals surface area contributed by atoms with Crippen LogP contribution in [-0.2, 0) is 27.9 Å². The molecular weight excluding hydrogens is 330 g/mol. The van der Waals surface area contributed by atoms with Crippen molar-refractivity contribution in [2.45, 2.75) is 38.1 Å². The summed E-state index contributed by atoms with van der Waals surface area (Å²) in [5.41, 5.74) is 2.25. The number of imidazole rings is 1. The van der Waals surface area contributed by atoms with E-state index < -0.39 is 0 Å². The molecule has 1 aromatic heterocycles. The van der Waals surface area contributed by atoms with E-state index in [4.69, 9.17) is 9.47 Å². The molecule has 1 aromatic rings. The molecule has 1 amide bonds. The van der Waals surface area contributed by atoms with Crippen molar-refractivity contribution in [3.63, 3.8) is 0 Å². The van der Waals surface area contributed by atoms with Crippen LogP contribution in [0.3, 0.4) is 0 Å². The van der Waals surface area contributed by atoms with Gasteiger partial charge in [-0.25, -0.2) is 4.98 Å². The van der Waals surface area contributed by atoms with Crippen LogP contribution >= 0.6 is 0 Å². The molecule has 0 unspecified atom stereocenters. The van der Waals surface area contributed by atoms with E-state index in [1.807, 2.05) is 18.3 Å². The summed E-state index contributed by atoms with van der Waals surface area (Å²) in [4.78, 5) is 19.4. The molecule has 6 nitrogen and oxygen atoms in total. The Balaban J connectivity index is 1.40. The first-order valence-corrected chi connectivity index (χ1v) is 9.81. The minimum atomic E-state index is 0.115. The highest BCUT2D eigenvalue weighted by atomic mass is 16.5. The zero-order valence-electron chi connectivity index (χ0n) is 15.6. The van der Waals surface area contributed by atoms with Crippen molar-refractivity contribution < 1.29 is 14.3 Å². The molecule has 26 heavy (non-hydrogen) atoms. The second-order valence-electron chi connectivity index (χ2n) is 7.84. The van der Waals surface area contributed by atoms with E-state index in [1.165, 1.54) is 5.69 Å². The molecule has 3 heterocycles. The van der Waals surface area contributed by atoms with Crippen molar-refractivity contribution in [3.05, 3.63) is 29.9 Å². The van der Waals surface area contributed by atoms with Crippen molar-refractivity contribution >= 4 is 5.91 Å². The standard InChI is InChI=1S/C20H29N3O3/c1-22-14-21-18-11-23(20(24)16-4-2-3-5-16)10-17(19(18)22)13-26-12-15-6-8-25-9-7-15/h2-3,14-17H,4-13H2,1H3/t17-/m0/s1. The summed E-state index contributed by atoms with van der Waals surface area (Å²) >= 11 is 0. The number of fused-ring (bicyclic) bond motifs is 1. The number of aryl methyl sites for hydroxylation is 1. The van der Waals surface area contributed by atoms with Gasteiger partial charge in [-0.15, -0.1) is 0 Å². The molecule has 142 valence electrons. The second-order valence-corrected chi connectivity index (χ2v) is 7.84. The summed E-state index contributed by atoms with van der Waals surface area (Å²) in [6.07, 6.45) is 10.0. The molecule has 0 radical (unpaired) electrons. The van der Waals surface area contributed by atoms with Gasteiger partial charge in [0.05, 0.1) is 25.2 Å². The second kappa shape index (κ2) is 7.92. The Morgan fingerprint density at radius 2 is 2.04 bits per heavy atom. The van der Waals surface area contributed by atoms with Gasteiger partial charge in [-0.05, 0) is 31.6 Å². The van der Waals surface area contributed by atoms with Gasteiger partial charge in [-0.2, -0.15) is 0 Å². The highest BCUT2D eigenvalue weighted by Gasteiger charge is 2.34. The van der Waals surface area contributed by atoms with Crippen LogP contribution in [0.25, 0.3) is 0 Å². The minimum absolute atomic E-state index is 0.115. The maximum Gasteiger partial charge on any atom is 0.226 e. The van der Waals surface area contributed by atoms with Gasteiger partial charge in [0, 0.05) is 50.9 Å². The van der Waals surface area contributed by atoms with Gasteiger partial charge < -0.3 is 18.9 Å². The lowest BCUT2D eigenvalue weighted by atomic mass is 9.96. The first kappa shape index (κ1) is 17.7. The molecule has 1 fully saturated rings. The average molecular weight is 359 g/mol. The van der Waals surface area contributed by atoms with Crippen LogP contribution in [0.1, 0.15) is 43.0 Å². The summed E-state index contributed by atoms with van der Waals surface area (Å²) in [7, 11) is 2.04. The topological polar surface area (TPSA) is 56.6 Å². The Morgan fingerprint density at radius 1 is 1.27 bits per heavy atom. The van der Waals surface area contributed by atoms with Crippen molar-refractivity contribution in [3.8, 4) is 0 Å². The van der Waals surface area contributed by atoms with Crippen molar-refractivity contribution in [2.75, 3.05) is 33.0 Å². The molecule has 0 saturated carbocycles. The van der Waals surface area contributed by atoms with Crippen molar-refractivity contribution in [2.24, 2.45) is 18.9 Å². The highest BCUT2D eigenvalue weighted by molar-refractivity contribution is 5.80. The number of carbonyl (C=O) groups excluding carboxylic acids is 1. The largest absolute Gasteiger partial charge is 0.381 e. The van der Waals surface area contributed by atoms with Crippen molar-refractivity contribution in [1.29, 1.82) is 0 Å². The summed E-state index contributed by atoms with van der Waals surface area (Å²) in [5.74, 6) is 1.18. The summed E-state index contributed by atoms with van der Waals surface area (Å²) in [6.45, 7) is 4.49. The fraction of sp³-hybridized carbons (Fsp3) is 0.700. The fourth-order valence-corrected chi connectivity index (χ4v) is 4.40. The van der Waals surface area contributed by atoms with Crippen LogP contribution < -0.4 is 0 Å². The van der Waals surface area contributed by atoms with E-state index >= 15 is 0 Å². The van der Waals surface area contributed by atoms with E-state index in [1.54, 1.807) is 0 Å². The predicted molar refractivity (Wildman–Crippen MR) is 97.6 cm³/mol. The molecule has 4 rings (SSSR count). The molecule has 0 N–H and O–H groups in total. The zero-order valence-corrected chi connectivity index (χ0v) is 15.6. The number of carbonyl (C=O) groups is 1. The Bertz CT molecular complexity index is 655. The van der Waals surface area contributed by atoms with Gasteiger partial charge in [0.2, 0.25) is 5.91 Å². The first-order valence-electron chi connectivity index (χ1n) is 9.81. The number of hydrogen-bond donors (Lipinski definition) is 0. The van der Waals surface area contributed by atoms with E-state index in [2.05, 4.69) is 21.7 Å². The summed E-state index contributed by atoms with van der Waals surface area (Å²) in [5, 5.41) is 0. The van der Waals surface area contributed by atoms with Crippen molar-refractivity contribution in [1.82, 2.24) is 14.5 Å². The molecule has 0 aromatic carbocycles. The summed E-state index contributed by atoms with van der Waals surface area (Å²) in [6, 6.07) is 0. The molecule has 1 atom stereocenters. The predicted octanol–water partition coefficient (Wildman–Crippen LogP) is 2.26. The molecule has 3 aliphatic rings. The van der Waals surface area contributed by atoms with Crippen LogP contribution in [-0.4, -0.2) is 53.3 Å². The van der Waals surface area contributed by atoms with Crippen LogP contribution in [0, 0.1) is 11.8 Å². The van der Waals surface area contributed by atoms with Crippen LogP contribution in [0.5, 0.6) is 0 Å². The van der Waals surface area contributed by atoms with E-state index in [0.29, 0.717) is 19.1 Å². The van der Waals surface area contributed by atoms with Gasteiger partial charge in [0.25, 0.3) is 0 Å². The van der Waals surface area contributed by atoms with Gasteiger partial charge in [-0.1, -0.05) is 12.2 Å². The smallest absolute Gasteiger partial charge is 0.226 e. The third kappa shape index (κ3) is 3.71. The number of aromatic nitrogens is 2. The van der Waals surface area contributed by atoms with E-state index in [-0.39, 0.29) is 17.7 Å². The molecule has 0 bridgehead atoms. The number of nitrogens with zero attached hydrogens (tertiary/aromatic N) is 3. The van der Waals surface area contributed by atoms with Crippen LogP contribution in [0.2, 0.25) is 0 Å². The first-order chi connectivity index (χ1) is 12.7. The number of allylic oxidation sites excluding steroid dienone is 2. The third-order valence-electron chi connectivity index (χ3n) is 5.91. The molecule has 1 saturated heterocycles. The normalized spacial score (nSPS) is 24.2.